The van der Waals surface area contributed by atoms with Crippen molar-refractivity contribution < 1.29 is 0 Å². The first-order valence-electron chi connectivity index (χ1n) is 5.17. The quantitative estimate of drug-likeness (QED) is 0.756. The summed E-state index contributed by atoms with van der Waals surface area (Å²) in [6.07, 6.45) is 1.11. The van der Waals surface area contributed by atoms with Gasteiger partial charge >= 0.3 is 0 Å². The van der Waals surface area contributed by atoms with Gasteiger partial charge in [-0.2, -0.15) is 0 Å². The number of anilines is 1. The Morgan fingerprint density at radius 1 is 1.43 bits per heavy atom. The first kappa shape index (κ1) is 9.91. The van der Waals surface area contributed by atoms with Crippen molar-refractivity contribution in [3.8, 4) is 0 Å². The molecule has 0 aliphatic carbocycles. The van der Waals surface area contributed by atoms with Crippen molar-refractivity contribution in [2.75, 3.05) is 11.9 Å². The Bertz CT molecular complexity index is 344. The average Bonchev–Trinajstić information content (AvgIpc) is 2.15. The molecule has 1 heterocycles. The van der Waals surface area contributed by atoms with Gasteiger partial charge in [-0.3, -0.25) is 0 Å². The third kappa shape index (κ3) is 1.76. The summed E-state index contributed by atoms with van der Waals surface area (Å²) in [6.45, 7) is 7.84. The van der Waals surface area contributed by atoms with Crippen LogP contribution < -0.4 is 5.32 Å². The molecule has 0 aromatic heterocycles. The molecular formula is C12H17NS. The van der Waals surface area contributed by atoms with Gasteiger partial charge in [-0.15, -0.1) is 11.8 Å². The van der Waals surface area contributed by atoms with E-state index in [2.05, 4.69) is 44.3 Å². The summed E-state index contributed by atoms with van der Waals surface area (Å²) in [7, 11) is 0. The van der Waals surface area contributed by atoms with Crippen molar-refractivity contribution in [1.29, 1.82) is 0 Å². The van der Waals surface area contributed by atoms with Crippen molar-refractivity contribution in [3.05, 3.63) is 23.8 Å². The van der Waals surface area contributed by atoms with E-state index in [0.29, 0.717) is 4.75 Å². The van der Waals surface area contributed by atoms with E-state index in [4.69, 9.17) is 0 Å². The van der Waals surface area contributed by atoms with Crippen LogP contribution in [0, 0.1) is 0 Å². The maximum Gasteiger partial charge on any atom is 0.0511 e. The molecule has 1 N–H and O–H groups in total. The summed E-state index contributed by atoms with van der Waals surface area (Å²) in [6, 6.07) is 6.59. The van der Waals surface area contributed by atoms with Crippen LogP contribution >= 0.6 is 11.8 Å². The van der Waals surface area contributed by atoms with Crippen LogP contribution in [0.2, 0.25) is 0 Å². The Kier molecular flexibility index (Phi) is 2.48. The summed E-state index contributed by atoms with van der Waals surface area (Å²) in [5.41, 5.74) is 2.80. The molecule has 0 spiro atoms. The molecule has 2 heteroatoms. The smallest absolute Gasteiger partial charge is 0.0511 e. The zero-order valence-electron chi connectivity index (χ0n) is 9.05. The highest BCUT2D eigenvalue weighted by molar-refractivity contribution is 8.00. The molecule has 2 rings (SSSR count). The molecule has 0 unspecified atom stereocenters. The summed E-state index contributed by atoms with van der Waals surface area (Å²) in [4.78, 5) is 1.40. The van der Waals surface area contributed by atoms with Gasteiger partial charge < -0.3 is 5.32 Å². The lowest BCUT2D eigenvalue weighted by atomic mass is 10.1. The molecule has 0 radical (unpaired) electrons. The molecule has 0 saturated heterocycles. The topological polar surface area (TPSA) is 12.0 Å². The van der Waals surface area contributed by atoms with Gasteiger partial charge in [0.25, 0.3) is 0 Å². The number of fused-ring (bicyclic) bond motifs is 1. The minimum atomic E-state index is 0.319. The number of hydrogen-bond donors (Lipinski definition) is 1. The lowest BCUT2D eigenvalue weighted by Crippen LogP contribution is -2.30. The lowest BCUT2D eigenvalue weighted by Gasteiger charge is -2.32. The van der Waals surface area contributed by atoms with Crippen LogP contribution in [0.1, 0.15) is 26.3 Å². The van der Waals surface area contributed by atoms with Crippen LogP contribution in [-0.2, 0) is 6.42 Å². The van der Waals surface area contributed by atoms with E-state index >= 15 is 0 Å². The maximum absolute atomic E-state index is 3.55. The Morgan fingerprint density at radius 2 is 2.21 bits per heavy atom. The minimum Gasteiger partial charge on any atom is -0.383 e. The second kappa shape index (κ2) is 3.50. The summed E-state index contributed by atoms with van der Waals surface area (Å²) >= 11 is 1.98. The Labute approximate surface area is 90.3 Å². The number of benzene rings is 1. The number of hydrogen-bond acceptors (Lipinski definition) is 2. The number of rotatable bonds is 1. The van der Waals surface area contributed by atoms with Crippen LogP contribution in [0.4, 0.5) is 5.69 Å². The molecule has 76 valence electrons. The second-order valence-electron chi connectivity index (χ2n) is 4.36. The van der Waals surface area contributed by atoms with E-state index in [1.165, 1.54) is 16.1 Å². The zero-order valence-corrected chi connectivity index (χ0v) is 9.87. The summed E-state index contributed by atoms with van der Waals surface area (Å²) in [5.74, 6) is 0. The predicted molar refractivity (Wildman–Crippen MR) is 64.2 cm³/mol. The molecule has 0 saturated carbocycles. The highest BCUT2D eigenvalue weighted by Gasteiger charge is 2.26. The molecule has 0 fully saturated rings. The summed E-state index contributed by atoms with van der Waals surface area (Å²) in [5, 5.41) is 3.55. The summed E-state index contributed by atoms with van der Waals surface area (Å²) < 4.78 is 0.319. The molecule has 1 aromatic carbocycles. The monoisotopic (exact) mass is 207 g/mol. The van der Waals surface area contributed by atoms with Crippen LogP contribution in [0.3, 0.4) is 0 Å². The van der Waals surface area contributed by atoms with E-state index in [-0.39, 0.29) is 0 Å². The first-order chi connectivity index (χ1) is 6.62. The minimum absolute atomic E-state index is 0.319. The van der Waals surface area contributed by atoms with Crippen LogP contribution in [0.25, 0.3) is 0 Å². The van der Waals surface area contributed by atoms with Crippen LogP contribution in [-0.4, -0.2) is 11.3 Å². The van der Waals surface area contributed by atoms with Gasteiger partial charge in [-0.1, -0.05) is 19.1 Å². The predicted octanol–water partition coefficient (Wildman–Crippen LogP) is 3.55. The number of para-hydroxylation sites is 1. The highest BCUT2D eigenvalue weighted by atomic mass is 32.2. The fraction of sp³-hybridized carbons (Fsp3) is 0.500. The zero-order chi connectivity index (χ0) is 10.2. The van der Waals surface area contributed by atoms with Crippen molar-refractivity contribution >= 4 is 17.4 Å². The molecule has 1 nitrogen and oxygen atoms in total. The maximum atomic E-state index is 3.55. The standard InChI is InChI=1S/C12H17NS/c1-4-9-6-5-7-10-11(9)13-8-12(2,3)14-10/h5-7,13H,4,8H2,1-3H3. The first-order valence-corrected chi connectivity index (χ1v) is 5.99. The van der Waals surface area contributed by atoms with Crippen molar-refractivity contribution in [3.63, 3.8) is 0 Å². The molecule has 1 aromatic rings. The fourth-order valence-electron chi connectivity index (χ4n) is 1.79. The third-order valence-corrected chi connectivity index (χ3v) is 3.83. The van der Waals surface area contributed by atoms with E-state index in [9.17, 15) is 0 Å². The molecule has 0 amide bonds. The van der Waals surface area contributed by atoms with Crippen LogP contribution in [0.5, 0.6) is 0 Å². The van der Waals surface area contributed by atoms with Gasteiger partial charge in [0.05, 0.1) is 5.69 Å². The number of nitrogens with one attached hydrogen (secondary N) is 1. The Hall–Kier alpha value is -0.630. The molecule has 0 atom stereocenters. The number of thioether (sulfide) groups is 1. The van der Waals surface area contributed by atoms with Gasteiger partial charge in [0, 0.05) is 16.2 Å². The molecular weight excluding hydrogens is 190 g/mol. The third-order valence-electron chi connectivity index (χ3n) is 2.57. The van der Waals surface area contributed by atoms with Gasteiger partial charge in [0.2, 0.25) is 0 Å². The van der Waals surface area contributed by atoms with Gasteiger partial charge in [0.1, 0.15) is 0 Å². The average molecular weight is 207 g/mol. The number of aryl methyl sites for hydroxylation is 1. The SMILES string of the molecule is CCc1cccc2c1NCC(C)(C)S2. The molecule has 1 aliphatic rings. The molecule has 14 heavy (non-hydrogen) atoms. The van der Waals surface area contributed by atoms with Gasteiger partial charge in [0.15, 0.2) is 0 Å². The van der Waals surface area contributed by atoms with E-state index in [1.54, 1.807) is 0 Å². The Morgan fingerprint density at radius 3 is 2.93 bits per heavy atom. The normalized spacial score (nSPS) is 18.5. The van der Waals surface area contributed by atoms with Gasteiger partial charge in [-0.25, -0.2) is 0 Å². The van der Waals surface area contributed by atoms with Crippen molar-refractivity contribution in [2.24, 2.45) is 0 Å². The van der Waals surface area contributed by atoms with Crippen molar-refractivity contribution in [1.82, 2.24) is 0 Å². The lowest BCUT2D eigenvalue weighted by molar-refractivity contribution is 0.737. The van der Waals surface area contributed by atoms with Crippen LogP contribution in [0.15, 0.2) is 23.1 Å². The second-order valence-corrected chi connectivity index (χ2v) is 6.11. The van der Waals surface area contributed by atoms with Gasteiger partial charge in [-0.05, 0) is 31.9 Å². The fourth-order valence-corrected chi connectivity index (χ4v) is 2.98. The molecule has 1 aliphatic heterocycles. The largest absolute Gasteiger partial charge is 0.383 e. The highest BCUT2D eigenvalue weighted by Crippen LogP contribution is 2.42. The van der Waals surface area contributed by atoms with Crippen molar-refractivity contribution in [2.45, 2.75) is 36.8 Å². The van der Waals surface area contributed by atoms with E-state index in [0.717, 1.165) is 13.0 Å². The van der Waals surface area contributed by atoms with E-state index < -0.39 is 0 Å². The molecule has 0 bridgehead atoms. The van der Waals surface area contributed by atoms with E-state index in [1.807, 2.05) is 11.8 Å². The Balaban J connectivity index is 2.40.